The fourth-order valence-corrected chi connectivity index (χ4v) is 3.43. The Morgan fingerprint density at radius 1 is 1.23 bits per heavy atom. The number of carbonyl (C=O) groups excluding carboxylic acids is 1. The molecule has 0 bridgehead atoms. The van der Waals surface area contributed by atoms with Crippen molar-refractivity contribution in [2.75, 3.05) is 12.8 Å². The van der Waals surface area contributed by atoms with Gasteiger partial charge in [-0.2, -0.15) is 0 Å². The molecule has 0 unspecified atom stereocenters. The Morgan fingerprint density at radius 3 is 2.50 bits per heavy atom. The van der Waals surface area contributed by atoms with Crippen molar-refractivity contribution < 1.29 is 27.5 Å². The Hall–Kier alpha value is -2.61. The molecular formula is C18H21NO6S. The summed E-state index contributed by atoms with van der Waals surface area (Å²) in [6.45, 7) is 3.24. The number of carbonyl (C=O) groups is 2. The zero-order chi connectivity index (χ0) is 19.5. The van der Waals surface area contributed by atoms with Crippen LogP contribution < -0.4 is 0 Å². The number of sulfone groups is 1. The van der Waals surface area contributed by atoms with Gasteiger partial charge in [-0.05, 0) is 30.7 Å². The van der Waals surface area contributed by atoms with Crippen LogP contribution in [-0.4, -0.2) is 43.1 Å². The quantitative estimate of drug-likeness (QED) is 0.791. The van der Waals surface area contributed by atoms with Crippen molar-refractivity contribution in [3.63, 3.8) is 0 Å². The second-order valence-corrected chi connectivity index (χ2v) is 8.24. The van der Waals surface area contributed by atoms with E-state index in [1.54, 1.807) is 33.0 Å². The summed E-state index contributed by atoms with van der Waals surface area (Å²) >= 11 is 0. The lowest BCUT2D eigenvalue weighted by molar-refractivity contribution is -0.129. The lowest BCUT2D eigenvalue weighted by atomic mass is 10.1. The fourth-order valence-electron chi connectivity index (χ4n) is 2.48. The monoisotopic (exact) mass is 379 g/mol. The summed E-state index contributed by atoms with van der Waals surface area (Å²) in [4.78, 5) is 25.0. The molecule has 140 valence electrons. The van der Waals surface area contributed by atoms with Crippen molar-refractivity contribution >= 4 is 21.7 Å². The smallest absolute Gasteiger partial charge is 0.339 e. The van der Waals surface area contributed by atoms with E-state index in [1.165, 1.54) is 23.1 Å². The number of furan rings is 1. The first kappa shape index (κ1) is 19.7. The van der Waals surface area contributed by atoms with E-state index in [0.717, 1.165) is 0 Å². The van der Waals surface area contributed by atoms with Crippen LogP contribution in [0.3, 0.4) is 0 Å². The number of rotatable bonds is 7. The van der Waals surface area contributed by atoms with Crippen LogP contribution in [0, 0.1) is 6.92 Å². The predicted octanol–water partition coefficient (Wildman–Crippen LogP) is 2.28. The Kier molecular flexibility index (Phi) is 5.86. The number of aromatic carboxylic acids is 1. The molecule has 26 heavy (non-hydrogen) atoms. The minimum absolute atomic E-state index is 0.00589. The third-order valence-corrected chi connectivity index (χ3v) is 5.74. The molecule has 0 radical (unpaired) electrons. The summed E-state index contributed by atoms with van der Waals surface area (Å²) in [6.07, 6.45) is 0.0368. The summed E-state index contributed by atoms with van der Waals surface area (Å²) in [6, 6.07) is 7.72. The lowest BCUT2D eigenvalue weighted by Gasteiger charge is -2.16. The maximum Gasteiger partial charge on any atom is 0.339 e. The number of nitrogens with zero attached hydrogens (tertiary/aromatic N) is 1. The zero-order valence-corrected chi connectivity index (χ0v) is 15.7. The van der Waals surface area contributed by atoms with E-state index in [1.807, 2.05) is 0 Å². The van der Waals surface area contributed by atoms with Crippen molar-refractivity contribution in [3.8, 4) is 0 Å². The van der Waals surface area contributed by atoms with Crippen molar-refractivity contribution in [1.29, 1.82) is 0 Å². The van der Waals surface area contributed by atoms with E-state index in [0.29, 0.717) is 11.3 Å². The van der Waals surface area contributed by atoms with Crippen LogP contribution in [0.5, 0.6) is 0 Å². The summed E-state index contributed by atoms with van der Waals surface area (Å²) in [5, 5.41) is 9.04. The number of carboxylic acid groups (broad SMARTS) is 1. The molecule has 2 aromatic rings. The molecule has 0 aliphatic rings. The Labute approximate surface area is 152 Å². The average Bonchev–Trinajstić information content (AvgIpc) is 2.95. The Balaban J connectivity index is 2.09. The highest BCUT2D eigenvalue weighted by molar-refractivity contribution is 7.91. The van der Waals surface area contributed by atoms with E-state index in [2.05, 4.69) is 0 Å². The number of carboxylic acids is 1. The van der Waals surface area contributed by atoms with E-state index in [9.17, 15) is 18.0 Å². The lowest BCUT2D eigenvalue weighted by Crippen LogP contribution is -2.27. The maximum absolute atomic E-state index is 12.4. The molecule has 0 saturated heterocycles. The molecule has 0 aliphatic carbocycles. The third-order valence-electron chi connectivity index (χ3n) is 4.01. The van der Waals surface area contributed by atoms with Crippen molar-refractivity contribution in [1.82, 2.24) is 4.90 Å². The van der Waals surface area contributed by atoms with Gasteiger partial charge in [-0.3, -0.25) is 4.79 Å². The third kappa shape index (κ3) is 4.51. The molecule has 8 heteroatoms. The van der Waals surface area contributed by atoms with Crippen LogP contribution in [0.1, 0.15) is 34.4 Å². The summed E-state index contributed by atoms with van der Waals surface area (Å²) in [7, 11) is -1.75. The molecule has 0 saturated carbocycles. The first-order chi connectivity index (χ1) is 12.1. The zero-order valence-electron chi connectivity index (χ0n) is 14.9. The number of amides is 1. The molecule has 0 aliphatic heterocycles. The Morgan fingerprint density at radius 2 is 1.92 bits per heavy atom. The summed E-state index contributed by atoms with van der Waals surface area (Å²) < 4.78 is 29.3. The van der Waals surface area contributed by atoms with Gasteiger partial charge in [-0.1, -0.05) is 19.1 Å². The largest absolute Gasteiger partial charge is 0.478 e. The molecule has 0 atom stereocenters. The van der Waals surface area contributed by atoms with Gasteiger partial charge in [0.1, 0.15) is 17.1 Å². The van der Waals surface area contributed by atoms with E-state index < -0.39 is 15.8 Å². The number of hydrogen-bond donors (Lipinski definition) is 1. The molecule has 1 heterocycles. The topological polar surface area (TPSA) is 105 Å². The molecule has 1 amide bonds. The van der Waals surface area contributed by atoms with Crippen molar-refractivity contribution in [3.05, 3.63) is 53.0 Å². The van der Waals surface area contributed by atoms with Gasteiger partial charge in [-0.15, -0.1) is 0 Å². The molecule has 1 N–H and O–H groups in total. The van der Waals surface area contributed by atoms with Gasteiger partial charge in [0.05, 0.1) is 23.6 Å². The second-order valence-electron chi connectivity index (χ2n) is 5.97. The normalized spacial score (nSPS) is 11.3. The number of benzene rings is 1. The van der Waals surface area contributed by atoms with Crippen LogP contribution >= 0.6 is 0 Å². The van der Waals surface area contributed by atoms with Gasteiger partial charge in [0.2, 0.25) is 5.91 Å². The molecule has 0 fully saturated rings. The van der Waals surface area contributed by atoms with Gasteiger partial charge in [0.15, 0.2) is 9.84 Å². The van der Waals surface area contributed by atoms with Crippen LogP contribution in [0.2, 0.25) is 0 Å². The number of hydrogen-bond acceptors (Lipinski definition) is 5. The van der Waals surface area contributed by atoms with E-state index >= 15 is 0 Å². The maximum atomic E-state index is 12.4. The highest BCUT2D eigenvalue weighted by Crippen LogP contribution is 2.17. The molecule has 1 aromatic carbocycles. The number of aryl methyl sites for hydroxylation is 1. The predicted molar refractivity (Wildman–Crippen MR) is 94.8 cm³/mol. The fraction of sp³-hybridized carbons (Fsp3) is 0.333. The van der Waals surface area contributed by atoms with Gasteiger partial charge in [0, 0.05) is 7.05 Å². The second kappa shape index (κ2) is 7.74. The SMILES string of the molecule is CCS(=O)(=O)c1cccc(CC(=O)N(C)Cc2cc(C(=O)O)c(C)o2)c1. The van der Waals surface area contributed by atoms with Crippen LogP contribution in [0.15, 0.2) is 39.6 Å². The molecule has 1 aromatic heterocycles. The van der Waals surface area contributed by atoms with E-state index in [4.69, 9.17) is 9.52 Å². The van der Waals surface area contributed by atoms with Gasteiger partial charge < -0.3 is 14.4 Å². The van der Waals surface area contributed by atoms with Crippen LogP contribution in [-0.2, 0) is 27.6 Å². The minimum Gasteiger partial charge on any atom is -0.478 e. The van der Waals surface area contributed by atoms with Crippen molar-refractivity contribution in [2.45, 2.75) is 31.7 Å². The van der Waals surface area contributed by atoms with E-state index in [-0.39, 0.29) is 40.8 Å². The highest BCUT2D eigenvalue weighted by atomic mass is 32.2. The van der Waals surface area contributed by atoms with Gasteiger partial charge >= 0.3 is 5.97 Å². The Bertz CT molecular complexity index is 929. The number of likely N-dealkylation sites (N-methyl/N-ethyl adjacent to an activating group) is 1. The first-order valence-electron chi connectivity index (χ1n) is 8.02. The first-order valence-corrected chi connectivity index (χ1v) is 9.67. The van der Waals surface area contributed by atoms with Crippen LogP contribution in [0.25, 0.3) is 0 Å². The standard InChI is InChI=1S/C18H21NO6S/c1-4-26(23,24)15-7-5-6-13(8-15)9-17(20)19(3)11-14-10-16(18(21)22)12(2)25-14/h5-8,10H,4,9,11H2,1-3H3,(H,21,22). The van der Waals surface area contributed by atoms with Gasteiger partial charge in [-0.25, -0.2) is 13.2 Å². The molecule has 7 nitrogen and oxygen atoms in total. The molecule has 0 spiro atoms. The highest BCUT2D eigenvalue weighted by Gasteiger charge is 2.18. The molecular weight excluding hydrogens is 358 g/mol. The van der Waals surface area contributed by atoms with Crippen molar-refractivity contribution in [2.24, 2.45) is 0 Å². The summed E-state index contributed by atoms with van der Waals surface area (Å²) in [5.41, 5.74) is 0.663. The molecule has 2 rings (SSSR count). The van der Waals surface area contributed by atoms with Crippen LogP contribution in [0.4, 0.5) is 0 Å². The summed E-state index contributed by atoms with van der Waals surface area (Å²) in [5.74, 6) is -0.667. The average molecular weight is 379 g/mol. The van der Waals surface area contributed by atoms with Gasteiger partial charge in [0.25, 0.3) is 0 Å². The minimum atomic E-state index is -3.33.